The minimum absolute atomic E-state index is 0.250. The highest BCUT2D eigenvalue weighted by Crippen LogP contribution is 2.35. The van der Waals surface area contributed by atoms with E-state index in [9.17, 15) is 13.2 Å². The van der Waals surface area contributed by atoms with Crippen LogP contribution in [0, 0.1) is 5.92 Å². The minimum Gasteiger partial charge on any atom is -0.351 e. The van der Waals surface area contributed by atoms with Gasteiger partial charge in [0.25, 0.3) is 5.91 Å². The van der Waals surface area contributed by atoms with Crippen molar-refractivity contribution < 1.29 is 13.2 Å². The Morgan fingerprint density at radius 3 is 2.45 bits per heavy atom. The van der Waals surface area contributed by atoms with Gasteiger partial charge in [-0.1, -0.05) is 37.3 Å². The predicted molar refractivity (Wildman–Crippen MR) is 160 cm³/mol. The molecular weight excluding hydrogens is 542 g/mol. The van der Waals surface area contributed by atoms with E-state index in [4.69, 9.17) is 5.10 Å². The van der Waals surface area contributed by atoms with E-state index in [0.29, 0.717) is 35.2 Å². The van der Waals surface area contributed by atoms with E-state index in [2.05, 4.69) is 16.8 Å². The topological polar surface area (TPSA) is 87.9 Å². The van der Waals surface area contributed by atoms with Gasteiger partial charge in [-0.3, -0.25) is 4.79 Å². The molecule has 2 saturated heterocycles. The second kappa shape index (κ2) is 11.3. The molecule has 0 bridgehead atoms. The number of sulfonamides is 1. The highest BCUT2D eigenvalue weighted by Gasteiger charge is 2.30. The van der Waals surface area contributed by atoms with Gasteiger partial charge < -0.3 is 4.90 Å². The Morgan fingerprint density at radius 1 is 0.950 bits per heavy atom. The summed E-state index contributed by atoms with van der Waals surface area (Å²) in [5.41, 5.74) is 2.90. The molecule has 0 atom stereocenters. The summed E-state index contributed by atoms with van der Waals surface area (Å²) in [6.45, 7) is 5.07. The average molecular weight is 576 g/mol. The van der Waals surface area contributed by atoms with Crippen LogP contribution in [0.2, 0.25) is 0 Å². The van der Waals surface area contributed by atoms with Crippen LogP contribution in [0.15, 0.2) is 75.6 Å². The standard InChI is InChI=1S/C30H33N5O3S2/c1-22-13-17-34(18-14-22)40(37,38)26-12-8-9-23(19-26)28-24(21-35(32-28)25-10-4-2-5-11-25)20-27-29(36)31-30(39-27)33-15-6-3-7-16-33/h2,4-5,8-12,19-22H,3,6-7,13-18H2,1H3/b27-20-. The maximum Gasteiger partial charge on any atom is 0.286 e. The molecule has 3 aliphatic rings. The van der Waals surface area contributed by atoms with E-state index in [1.165, 1.54) is 18.2 Å². The molecular formula is C30H33N5O3S2. The van der Waals surface area contributed by atoms with Gasteiger partial charge in [0.1, 0.15) is 5.69 Å². The zero-order valence-electron chi connectivity index (χ0n) is 22.6. The molecule has 208 valence electrons. The van der Waals surface area contributed by atoms with Gasteiger partial charge in [-0.15, -0.1) is 0 Å². The summed E-state index contributed by atoms with van der Waals surface area (Å²) in [5, 5.41) is 5.63. The van der Waals surface area contributed by atoms with Gasteiger partial charge in [-0.05, 0) is 80.1 Å². The van der Waals surface area contributed by atoms with Crippen molar-refractivity contribution in [1.82, 2.24) is 19.0 Å². The van der Waals surface area contributed by atoms with Gasteiger partial charge in [-0.2, -0.15) is 14.4 Å². The number of thioether (sulfide) groups is 1. The summed E-state index contributed by atoms with van der Waals surface area (Å²) >= 11 is 1.40. The SMILES string of the molecule is CC1CCN(S(=O)(=O)c2cccc(-c3nn(-c4ccccc4)cc3/C=C3\SC(N4CCCCC4)=NC3=O)c2)CC1. The summed E-state index contributed by atoms with van der Waals surface area (Å²) in [7, 11) is -3.62. The van der Waals surface area contributed by atoms with E-state index < -0.39 is 10.0 Å². The molecule has 8 nitrogen and oxygen atoms in total. The normalized spacial score (nSPS) is 20.3. The van der Waals surface area contributed by atoms with Crippen LogP contribution in [0.3, 0.4) is 0 Å². The number of nitrogens with zero attached hydrogens (tertiary/aromatic N) is 5. The molecule has 2 aromatic carbocycles. The van der Waals surface area contributed by atoms with Crippen molar-refractivity contribution in [2.45, 2.75) is 43.9 Å². The molecule has 2 fully saturated rings. The van der Waals surface area contributed by atoms with Gasteiger partial charge in [0.15, 0.2) is 5.17 Å². The highest BCUT2D eigenvalue weighted by molar-refractivity contribution is 8.18. The van der Waals surface area contributed by atoms with E-state index in [-0.39, 0.29) is 10.8 Å². The second-order valence-electron chi connectivity index (χ2n) is 10.7. The number of hydrogen-bond acceptors (Lipinski definition) is 6. The number of aliphatic imine (C=N–C) groups is 1. The Bertz CT molecular complexity index is 1570. The van der Waals surface area contributed by atoms with Crippen molar-refractivity contribution in [2.24, 2.45) is 10.9 Å². The number of benzene rings is 2. The number of rotatable bonds is 5. The number of amidine groups is 1. The first-order valence-corrected chi connectivity index (χ1v) is 16.2. The van der Waals surface area contributed by atoms with Crippen molar-refractivity contribution in [3.05, 3.63) is 71.3 Å². The highest BCUT2D eigenvalue weighted by atomic mass is 32.2. The van der Waals surface area contributed by atoms with Gasteiger partial charge in [0.2, 0.25) is 10.0 Å². The maximum absolute atomic E-state index is 13.5. The van der Waals surface area contributed by atoms with E-state index in [0.717, 1.165) is 55.2 Å². The Kier molecular flexibility index (Phi) is 7.65. The van der Waals surface area contributed by atoms with Gasteiger partial charge in [0.05, 0.1) is 15.5 Å². The second-order valence-corrected chi connectivity index (χ2v) is 13.6. The molecule has 0 saturated carbocycles. The van der Waals surface area contributed by atoms with Crippen molar-refractivity contribution >= 4 is 38.9 Å². The van der Waals surface area contributed by atoms with E-state index in [1.54, 1.807) is 27.2 Å². The lowest BCUT2D eigenvalue weighted by molar-refractivity contribution is -0.113. The molecule has 0 radical (unpaired) electrons. The summed E-state index contributed by atoms with van der Waals surface area (Å²) in [4.78, 5) is 20.3. The third kappa shape index (κ3) is 5.53. The smallest absolute Gasteiger partial charge is 0.286 e. The third-order valence-corrected chi connectivity index (χ3v) is 10.7. The number of likely N-dealkylation sites (tertiary alicyclic amines) is 1. The fourth-order valence-corrected chi connectivity index (χ4v) is 7.84. The Hall–Kier alpha value is -3.21. The first kappa shape index (κ1) is 27.0. The molecule has 1 aromatic heterocycles. The molecule has 1 amide bonds. The van der Waals surface area contributed by atoms with Gasteiger partial charge >= 0.3 is 0 Å². The molecule has 0 unspecified atom stereocenters. The number of piperidine rings is 2. The Labute approximate surface area is 239 Å². The van der Waals surface area contributed by atoms with Crippen LogP contribution >= 0.6 is 11.8 Å². The predicted octanol–water partition coefficient (Wildman–Crippen LogP) is 5.42. The third-order valence-electron chi connectivity index (χ3n) is 7.77. The molecule has 3 aromatic rings. The Morgan fingerprint density at radius 2 is 1.70 bits per heavy atom. The molecule has 0 spiro atoms. The first-order chi connectivity index (χ1) is 19.4. The molecule has 0 N–H and O–H groups in total. The largest absolute Gasteiger partial charge is 0.351 e. The fraction of sp³-hybridized carbons (Fsp3) is 0.367. The van der Waals surface area contributed by atoms with Gasteiger partial charge in [-0.25, -0.2) is 13.1 Å². The van der Waals surface area contributed by atoms with Crippen molar-refractivity contribution in [3.63, 3.8) is 0 Å². The number of carbonyl (C=O) groups is 1. The molecule has 0 aliphatic carbocycles. The number of hydrogen-bond donors (Lipinski definition) is 0. The zero-order valence-corrected chi connectivity index (χ0v) is 24.2. The lowest BCUT2D eigenvalue weighted by Crippen LogP contribution is -2.37. The molecule has 10 heteroatoms. The number of amides is 1. The molecule has 6 rings (SSSR count). The van der Waals surface area contributed by atoms with Crippen LogP contribution in [0.1, 0.15) is 44.6 Å². The summed E-state index contributed by atoms with van der Waals surface area (Å²) in [6, 6.07) is 16.7. The lowest BCUT2D eigenvalue weighted by atomic mass is 10.0. The molecule has 3 aliphatic heterocycles. The fourth-order valence-electron chi connectivity index (χ4n) is 5.37. The average Bonchev–Trinajstić information content (AvgIpc) is 3.58. The monoisotopic (exact) mass is 575 g/mol. The number of para-hydroxylation sites is 1. The van der Waals surface area contributed by atoms with Gasteiger partial charge in [0, 0.05) is 43.5 Å². The van der Waals surface area contributed by atoms with Crippen LogP contribution in [0.4, 0.5) is 0 Å². The van der Waals surface area contributed by atoms with Crippen molar-refractivity contribution in [3.8, 4) is 16.9 Å². The summed E-state index contributed by atoms with van der Waals surface area (Å²) in [5.74, 6) is 0.283. The van der Waals surface area contributed by atoms with Crippen LogP contribution < -0.4 is 0 Å². The van der Waals surface area contributed by atoms with Crippen LogP contribution in [-0.2, 0) is 14.8 Å². The summed E-state index contributed by atoms with van der Waals surface area (Å²) in [6.07, 6.45) is 8.88. The van der Waals surface area contributed by atoms with E-state index >= 15 is 0 Å². The minimum atomic E-state index is -3.62. The van der Waals surface area contributed by atoms with Crippen LogP contribution in [0.5, 0.6) is 0 Å². The Balaban J connectivity index is 1.36. The van der Waals surface area contributed by atoms with Crippen molar-refractivity contribution in [1.29, 1.82) is 0 Å². The maximum atomic E-state index is 13.5. The zero-order chi connectivity index (χ0) is 27.7. The van der Waals surface area contributed by atoms with Crippen LogP contribution in [-0.4, -0.2) is 64.7 Å². The van der Waals surface area contributed by atoms with E-state index in [1.807, 2.05) is 48.7 Å². The molecule has 4 heterocycles. The summed E-state index contributed by atoms with van der Waals surface area (Å²) < 4.78 is 30.4. The van der Waals surface area contributed by atoms with Crippen molar-refractivity contribution in [2.75, 3.05) is 26.2 Å². The quantitative estimate of drug-likeness (QED) is 0.378. The number of aromatic nitrogens is 2. The lowest BCUT2D eigenvalue weighted by Gasteiger charge is -2.29. The number of carbonyl (C=O) groups excluding carboxylic acids is 1. The van der Waals surface area contributed by atoms with Crippen LogP contribution in [0.25, 0.3) is 23.0 Å². The first-order valence-electron chi connectivity index (χ1n) is 13.9. The molecule has 40 heavy (non-hydrogen) atoms.